The third-order valence-corrected chi connectivity index (χ3v) is 4.92. The van der Waals surface area contributed by atoms with Crippen LogP contribution in [0, 0.1) is 5.92 Å². The van der Waals surface area contributed by atoms with Crippen LogP contribution in [0.4, 0.5) is 5.82 Å². The molecule has 1 saturated heterocycles. The van der Waals surface area contributed by atoms with Crippen molar-refractivity contribution >= 4 is 16.7 Å². The van der Waals surface area contributed by atoms with Crippen molar-refractivity contribution < 1.29 is 0 Å². The summed E-state index contributed by atoms with van der Waals surface area (Å²) < 4.78 is 0. The molecule has 5 nitrogen and oxygen atoms in total. The maximum absolute atomic E-state index is 5.95. The van der Waals surface area contributed by atoms with Crippen molar-refractivity contribution in [3.8, 4) is 0 Å². The van der Waals surface area contributed by atoms with Crippen molar-refractivity contribution in [3.63, 3.8) is 0 Å². The number of rotatable bonds is 4. The topological polar surface area (TPSA) is 70.8 Å². The summed E-state index contributed by atoms with van der Waals surface area (Å²) in [7, 11) is 0. The van der Waals surface area contributed by atoms with E-state index in [2.05, 4.69) is 44.1 Å². The number of hydrogen-bond acceptors (Lipinski definition) is 4. The first kappa shape index (κ1) is 15.1. The average Bonchev–Trinajstić information content (AvgIpc) is 3.05. The molecule has 2 aromatic heterocycles. The van der Waals surface area contributed by atoms with E-state index in [-0.39, 0.29) is 0 Å². The van der Waals surface area contributed by atoms with Gasteiger partial charge < -0.3 is 10.7 Å². The lowest BCUT2D eigenvalue weighted by molar-refractivity contribution is 0.166. The van der Waals surface area contributed by atoms with Gasteiger partial charge in [-0.1, -0.05) is 12.1 Å². The largest absolute Gasteiger partial charge is 0.382 e. The van der Waals surface area contributed by atoms with Crippen LogP contribution in [0.25, 0.3) is 10.9 Å². The Labute approximate surface area is 141 Å². The van der Waals surface area contributed by atoms with Crippen LogP contribution in [-0.2, 0) is 13.0 Å². The minimum atomic E-state index is 0.576. The highest BCUT2D eigenvalue weighted by Gasteiger charge is 2.21. The molecule has 3 aromatic rings. The fraction of sp³-hybridized carbons (Fsp3) is 0.368. The number of piperidine rings is 1. The van der Waals surface area contributed by atoms with Crippen molar-refractivity contribution in [2.24, 2.45) is 5.92 Å². The number of nitrogens with two attached hydrogens (primary N) is 1. The molecule has 0 spiro atoms. The van der Waals surface area contributed by atoms with Gasteiger partial charge in [-0.15, -0.1) is 0 Å². The minimum absolute atomic E-state index is 0.576. The summed E-state index contributed by atoms with van der Waals surface area (Å²) in [4.78, 5) is 14.4. The zero-order valence-electron chi connectivity index (χ0n) is 13.8. The van der Waals surface area contributed by atoms with E-state index in [4.69, 9.17) is 5.73 Å². The molecule has 124 valence electrons. The second-order valence-corrected chi connectivity index (χ2v) is 6.74. The van der Waals surface area contributed by atoms with Gasteiger partial charge in [0.1, 0.15) is 5.82 Å². The highest BCUT2D eigenvalue weighted by atomic mass is 15.1. The number of nitrogen functional groups attached to an aromatic ring is 1. The Hall–Kier alpha value is -2.40. The number of nitrogens with one attached hydrogen (secondary N) is 1. The molecule has 0 amide bonds. The standard InChI is InChI=1S/C19H23N5/c20-19-18(22-7-8-23-19)11-14-2-1-9-24(12-14)13-15-3-4-16-5-6-21-17(16)10-15/h3-8,10,14,21H,1-2,9,11-13H2,(H2,20,23)/t14-/m1/s1. The van der Waals surface area contributed by atoms with Crippen LogP contribution in [0.1, 0.15) is 24.1 Å². The van der Waals surface area contributed by atoms with E-state index in [1.165, 1.54) is 29.3 Å². The molecule has 1 aliphatic heterocycles. The fourth-order valence-corrected chi connectivity index (χ4v) is 3.72. The second kappa shape index (κ2) is 6.61. The molecule has 3 N–H and O–H groups in total. The predicted molar refractivity (Wildman–Crippen MR) is 96.4 cm³/mol. The van der Waals surface area contributed by atoms with Crippen LogP contribution >= 0.6 is 0 Å². The van der Waals surface area contributed by atoms with Crippen molar-refractivity contribution in [2.45, 2.75) is 25.8 Å². The number of benzene rings is 1. The van der Waals surface area contributed by atoms with E-state index in [1.54, 1.807) is 12.4 Å². The Morgan fingerprint density at radius 1 is 1.21 bits per heavy atom. The highest BCUT2D eigenvalue weighted by molar-refractivity contribution is 5.79. The van der Waals surface area contributed by atoms with E-state index in [1.807, 2.05) is 6.20 Å². The maximum Gasteiger partial charge on any atom is 0.145 e. The van der Waals surface area contributed by atoms with E-state index < -0.39 is 0 Å². The molecular formula is C19H23N5. The molecule has 0 aliphatic carbocycles. The third kappa shape index (κ3) is 3.26. The number of H-pyrrole nitrogens is 1. The lowest BCUT2D eigenvalue weighted by Gasteiger charge is -2.32. The number of fused-ring (bicyclic) bond motifs is 1. The summed E-state index contributed by atoms with van der Waals surface area (Å²) in [6.07, 6.45) is 8.78. The maximum atomic E-state index is 5.95. The van der Waals surface area contributed by atoms with Crippen molar-refractivity contribution in [2.75, 3.05) is 18.8 Å². The van der Waals surface area contributed by atoms with E-state index in [9.17, 15) is 0 Å². The Bertz CT molecular complexity index is 825. The Balaban J connectivity index is 1.42. The molecule has 0 radical (unpaired) electrons. The Kier molecular flexibility index (Phi) is 4.17. The van der Waals surface area contributed by atoms with Crippen LogP contribution < -0.4 is 5.73 Å². The second-order valence-electron chi connectivity index (χ2n) is 6.74. The molecule has 24 heavy (non-hydrogen) atoms. The van der Waals surface area contributed by atoms with Gasteiger partial charge in [-0.2, -0.15) is 0 Å². The first-order valence-electron chi connectivity index (χ1n) is 8.61. The monoisotopic (exact) mass is 321 g/mol. The van der Waals surface area contributed by atoms with Crippen LogP contribution in [0.3, 0.4) is 0 Å². The van der Waals surface area contributed by atoms with E-state index in [0.717, 1.165) is 31.7 Å². The van der Waals surface area contributed by atoms with Crippen LogP contribution in [0.5, 0.6) is 0 Å². The quantitative estimate of drug-likeness (QED) is 0.775. The van der Waals surface area contributed by atoms with E-state index in [0.29, 0.717) is 11.7 Å². The van der Waals surface area contributed by atoms with Gasteiger partial charge in [0.25, 0.3) is 0 Å². The van der Waals surface area contributed by atoms with Crippen molar-refractivity contribution in [1.29, 1.82) is 0 Å². The molecular weight excluding hydrogens is 298 g/mol. The summed E-state index contributed by atoms with van der Waals surface area (Å²) in [6.45, 7) is 3.26. The van der Waals surface area contributed by atoms with Gasteiger partial charge in [0.15, 0.2) is 0 Å². The zero-order chi connectivity index (χ0) is 16.4. The van der Waals surface area contributed by atoms with Gasteiger partial charge in [-0.3, -0.25) is 9.88 Å². The van der Waals surface area contributed by atoms with Crippen LogP contribution in [0.15, 0.2) is 42.9 Å². The Morgan fingerprint density at radius 3 is 3.04 bits per heavy atom. The molecule has 1 aromatic carbocycles. The number of aromatic nitrogens is 3. The van der Waals surface area contributed by atoms with Crippen LogP contribution in [0.2, 0.25) is 0 Å². The molecule has 0 unspecified atom stereocenters. The SMILES string of the molecule is Nc1nccnc1C[C@H]1CCCN(Cc2ccc3cc[nH]c3c2)C1. The molecule has 1 atom stereocenters. The first-order valence-corrected chi connectivity index (χ1v) is 8.61. The van der Waals surface area contributed by atoms with E-state index >= 15 is 0 Å². The molecule has 3 heterocycles. The lowest BCUT2D eigenvalue weighted by Crippen LogP contribution is -2.36. The zero-order valence-corrected chi connectivity index (χ0v) is 13.8. The molecule has 0 bridgehead atoms. The minimum Gasteiger partial charge on any atom is -0.382 e. The number of likely N-dealkylation sites (tertiary alicyclic amines) is 1. The van der Waals surface area contributed by atoms with Gasteiger partial charge in [0.05, 0.1) is 5.69 Å². The lowest BCUT2D eigenvalue weighted by atomic mass is 9.93. The number of anilines is 1. The van der Waals surface area contributed by atoms with Crippen LogP contribution in [-0.4, -0.2) is 32.9 Å². The summed E-state index contributed by atoms with van der Waals surface area (Å²) >= 11 is 0. The van der Waals surface area contributed by atoms with Gasteiger partial charge in [0.2, 0.25) is 0 Å². The van der Waals surface area contributed by atoms with Gasteiger partial charge in [-0.25, -0.2) is 4.98 Å². The highest BCUT2D eigenvalue weighted by Crippen LogP contribution is 2.23. The summed E-state index contributed by atoms with van der Waals surface area (Å²) in [6, 6.07) is 8.81. The predicted octanol–water partition coefficient (Wildman–Crippen LogP) is 2.99. The molecule has 0 saturated carbocycles. The average molecular weight is 321 g/mol. The molecule has 1 aliphatic rings. The van der Waals surface area contributed by atoms with Crippen molar-refractivity contribution in [1.82, 2.24) is 19.9 Å². The number of nitrogens with zero attached hydrogens (tertiary/aromatic N) is 3. The molecule has 5 heteroatoms. The van der Waals surface area contributed by atoms with Crippen molar-refractivity contribution in [3.05, 3.63) is 54.1 Å². The third-order valence-electron chi connectivity index (χ3n) is 4.92. The summed E-state index contributed by atoms with van der Waals surface area (Å²) in [5.74, 6) is 1.18. The summed E-state index contributed by atoms with van der Waals surface area (Å²) in [5.41, 5.74) is 9.47. The number of hydrogen-bond donors (Lipinski definition) is 2. The van der Waals surface area contributed by atoms with Gasteiger partial charge >= 0.3 is 0 Å². The smallest absolute Gasteiger partial charge is 0.145 e. The Morgan fingerprint density at radius 2 is 2.12 bits per heavy atom. The van der Waals surface area contributed by atoms with Gasteiger partial charge in [-0.05, 0) is 54.8 Å². The molecule has 1 fully saturated rings. The number of aromatic amines is 1. The first-order chi connectivity index (χ1) is 11.8. The fourth-order valence-electron chi connectivity index (χ4n) is 3.72. The van der Waals surface area contributed by atoms with Gasteiger partial charge in [0, 0.05) is 37.2 Å². The summed E-state index contributed by atoms with van der Waals surface area (Å²) in [5, 5.41) is 1.27. The normalized spacial score (nSPS) is 18.9. The molecule has 4 rings (SSSR count).